The molecule has 140 valence electrons. The van der Waals surface area contributed by atoms with Crippen LogP contribution < -0.4 is 15.4 Å². The van der Waals surface area contributed by atoms with Crippen molar-refractivity contribution in [2.24, 2.45) is 0 Å². The highest BCUT2D eigenvalue weighted by Crippen LogP contribution is 2.31. The van der Waals surface area contributed by atoms with E-state index in [-0.39, 0.29) is 23.9 Å². The Kier molecular flexibility index (Phi) is 5.71. The van der Waals surface area contributed by atoms with Crippen LogP contribution in [0.3, 0.4) is 0 Å². The molecule has 0 unspecified atom stereocenters. The number of halogens is 1. The molecule has 0 aliphatic heterocycles. The minimum absolute atomic E-state index is 0.0423. The molecule has 6 nitrogen and oxygen atoms in total. The normalized spacial score (nSPS) is 10.7. The molecular weight excluding hydrogens is 349 g/mol. The standard InChI is InChI=1S/C20H20FN3O3/c1-13(2)17-11-15(27-24-17)12-22-20(25)23-19-16(21)9-6-10-18(19)26-14-7-4-3-5-8-14/h3-11,13H,12H2,1-2H3,(H2,22,23,25). The summed E-state index contributed by atoms with van der Waals surface area (Å²) in [5, 5.41) is 9.02. The number of anilines is 1. The SMILES string of the molecule is CC(C)c1cc(CNC(=O)Nc2c(F)cccc2Oc2ccccc2)on1. The molecule has 27 heavy (non-hydrogen) atoms. The second-order valence-corrected chi connectivity index (χ2v) is 6.21. The molecule has 0 spiro atoms. The van der Waals surface area contributed by atoms with Crippen LogP contribution in [0.4, 0.5) is 14.9 Å². The molecular formula is C20H20FN3O3. The molecule has 2 N–H and O–H groups in total. The fourth-order valence-corrected chi connectivity index (χ4v) is 2.34. The van der Waals surface area contributed by atoms with Crippen molar-refractivity contribution in [1.82, 2.24) is 10.5 Å². The number of nitrogens with one attached hydrogen (secondary N) is 2. The van der Waals surface area contributed by atoms with E-state index in [1.807, 2.05) is 19.9 Å². The van der Waals surface area contributed by atoms with Gasteiger partial charge in [0, 0.05) is 6.07 Å². The number of rotatable bonds is 6. The van der Waals surface area contributed by atoms with Crippen LogP contribution in [-0.4, -0.2) is 11.2 Å². The molecule has 2 aromatic carbocycles. The van der Waals surface area contributed by atoms with E-state index in [9.17, 15) is 9.18 Å². The lowest BCUT2D eigenvalue weighted by atomic mass is 10.1. The number of carbonyl (C=O) groups excluding carboxylic acids is 1. The first-order valence-electron chi connectivity index (χ1n) is 8.54. The van der Waals surface area contributed by atoms with E-state index < -0.39 is 11.8 Å². The Morgan fingerprint density at radius 3 is 2.67 bits per heavy atom. The molecule has 0 saturated heterocycles. The van der Waals surface area contributed by atoms with Crippen molar-refractivity contribution in [2.45, 2.75) is 26.3 Å². The van der Waals surface area contributed by atoms with Gasteiger partial charge in [0.25, 0.3) is 0 Å². The largest absolute Gasteiger partial charge is 0.455 e. The molecule has 0 fully saturated rings. The highest BCUT2D eigenvalue weighted by molar-refractivity contribution is 5.91. The quantitative estimate of drug-likeness (QED) is 0.637. The lowest BCUT2D eigenvalue weighted by Gasteiger charge is -2.13. The van der Waals surface area contributed by atoms with Gasteiger partial charge < -0.3 is 19.9 Å². The Hall–Kier alpha value is -3.35. The van der Waals surface area contributed by atoms with Crippen LogP contribution in [0.15, 0.2) is 59.1 Å². The first kappa shape index (κ1) is 18.4. The Bertz CT molecular complexity index is 910. The van der Waals surface area contributed by atoms with E-state index in [1.54, 1.807) is 36.4 Å². The van der Waals surface area contributed by atoms with Gasteiger partial charge >= 0.3 is 6.03 Å². The number of hydrogen-bond donors (Lipinski definition) is 2. The van der Waals surface area contributed by atoms with Crippen molar-refractivity contribution in [3.05, 3.63) is 71.9 Å². The van der Waals surface area contributed by atoms with Gasteiger partial charge in [0.15, 0.2) is 17.3 Å². The summed E-state index contributed by atoms with van der Waals surface area (Å²) in [5.41, 5.74) is 0.763. The first-order chi connectivity index (χ1) is 13.0. The number of para-hydroxylation sites is 2. The molecule has 3 aromatic rings. The Labute approximate surface area is 156 Å². The van der Waals surface area contributed by atoms with Crippen molar-refractivity contribution in [3.63, 3.8) is 0 Å². The smallest absolute Gasteiger partial charge is 0.319 e. The van der Waals surface area contributed by atoms with Crippen LogP contribution >= 0.6 is 0 Å². The lowest BCUT2D eigenvalue weighted by molar-refractivity contribution is 0.249. The summed E-state index contributed by atoms with van der Waals surface area (Å²) in [6.45, 7) is 4.12. The fourth-order valence-electron chi connectivity index (χ4n) is 2.34. The average Bonchev–Trinajstić information content (AvgIpc) is 3.13. The van der Waals surface area contributed by atoms with Crippen molar-refractivity contribution >= 4 is 11.7 Å². The van der Waals surface area contributed by atoms with Crippen LogP contribution in [0.25, 0.3) is 0 Å². The number of urea groups is 1. The number of amides is 2. The van der Waals surface area contributed by atoms with Crippen LogP contribution in [0, 0.1) is 5.82 Å². The summed E-state index contributed by atoms with van der Waals surface area (Å²) in [6, 6.07) is 14.5. The zero-order valence-corrected chi connectivity index (χ0v) is 15.0. The van der Waals surface area contributed by atoms with Gasteiger partial charge in [0.05, 0.1) is 12.2 Å². The van der Waals surface area contributed by atoms with Gasteiger partial charge in [-0.2, -0.15) is 0 Å². The number of aromatic nitrogens is 1. The number of nitrogens with zero attached hydrogens (tertiary/aromatic N) is 1. The Morgan fingerprint density at radius 1 is 1.19 bits per heavy atom. The van der Waals surface area contributed by atoms with Gasteiger partial charge in [-0.15, -0.1) is 0 Å². The van der Waals surface area contributed by atoms with E-state index in [2.05, 4.69) is 15.8 Å². The molecule has 7 heteroatoms. The van der Waals surface area contributed by atoms with Crippen LogP contribution in [0.1, 0.15) is 31.2 Å². The maximum atomic E-state index is 14.2. The highest BCUT2D eigenvalue weighted by atomic mass is 19.1. The minimum atomic E-state index is -0.597. The number of ether oxygens (including phenoxy) is 1. The molecule has 0 aliphatic carbocycles. The molecule has 0 aliphatic rings. The zero-order valence-electron chi connectivity index (χ0n) is 15.0. The van der Waals surface area contributed by atoms with Crippen molar-refractivity contribution in [2.75, 3.05) is 5.32 Å². The summed E-state index contributed by atoms with van der Waals surface area (Å²) in [7, 11) is 0. The van der Waals surface area contributed by atoms with E-state index >= 15 is 0 Å². The van der Waals surface area contributed by atoms with Gasteiger partial charge in [0.1, 0.15) is 11.4 Å². The van der Waals surface area contributed by atoms with E-state index in [0.717, 1.165) is 5.69 Å². The molecule has 0 saturated carbocycles. The summed E-state index contributed by atoms with van der Waals surface area (Å²) in [6.07, 6.45) is 0. The predicted molar refractivity (Wildman–Crippen MR) is 99.4 cm³/mol. The fraction of sp³-hybridized carbons (Fsp3) is 0.200. The van der Waals surface area contributed by atoms with Crippen molar-refractivity contribution < 1.29 is 18.4 Å². The molecule has 1 heterocycles. The maximum absolute atomic E-state index is 14.2. The summed E-state index contributed by atoms with van der Waals surface area (Å²) in [4.78, 5) is 12.2. The first-order valence-corrected chi connectivity index (χ1v) is 8.54. The molecule has 3 rings (SSSR count). The van der Waals surface area contributed by atoms with E-state index in [1.165, 1.54) is 12.1 Å². The number of hydrogen-bond acceptors (Lipinski definition) is 4. The topological polar surface area (TPSA) is 76.4 Å². The van der Waals surface area contributed by atoms with Gasteiger partial charge in [-0.3, -0.25) is 0 Å². The summed E-state index contributed by atoms with van der Waals surface area (Å²) < 4.78 is 25.1. The summed E-state index contributed by atoms with van der Waals surface area (Å²) in [5.74, 6) is 0.892. The highest BCUT2D eigenvalue weighted by Gasteiger charge is 2.14. The third-order valence-electron chi connectivity index (χ3n) is 3.78. The Balaban J connectivity index is 1.66. The number of benzene rings is 2. The number of carbonyl (C=O) groups is 1. The molecule has 1 aromatic heterocycles. The predicted octanol–water partition coefficient (Wildman–Crippen LogP) is 5.05. The third-order valence-corrected chi connectivity index (χ3v) is 3.78. The third kappa shape index (κ3) is 4.84. The molecule has 2 amide bonds. The minimum Gasteiger partial charge on any atom is -0.455 e. The second kappa shape index (κ2) is 8.35. The van der Waals surface area contributed by atoms with Gasteiger partial charge in [-0.25, -0.2) is 9.18 Å². The molecule has 0 atom stereocenters. The second-order valence-electron chi connectivity index (χ2n) is 6.21. The maximum Gasteiger partial charge on any atom is 0.319 e. The van der Waals surface area contributed by atoms with Crippen LogP contribution in [0.2, 0.25) is 0 Å². The van der Waals surface area contributed by atoms with Crippen LogP contribution in [0.5, 0.6) is 11.5 Å². The van der Waals surface area contributed by atoms with E-state index in [0.29, 0.717) is 11.5 Å². The van der Waals surface area contributed by atoms with Gasteiger partial charge in [-0.1, -0.05) is 43.3 Å². The average molecular weight is 369 g/mol. The van der Waals surface area contributed by atoms with Crippen LogP contribution in [-0.2, 0) is 6.54 Å². The molecule has 0 radical (unpaired) electrons. The van der Waals surface area contributed by atoms with Crippen molar-refractivity contribution in [1.29, 1.82) is 0 Å². The lowest BCUT2D eigenvalue weighted by Crippen LogP contribution is -2.28. The summed E-state index contributed by atoms with van der Waals surface area (Å²) >= 11 is 0. The van der Waals surface area contributed by atoms with E-state index in [4.69, 9.17) is 9.26 Å². The zero-order chi connectivity index (χ0) is 19.2. The Morgan fingerprint density at radius 2 is 1.96 bits per heavy atom. The molecule has 0 bridgehead atoms. The van der Waals surface area contributed by atoms with Gasteiger partial charge in [-0.05, 0) is 30.2 Å². The van der Waals surface area contributed by atoms with Crippen molar-refractivity contribution in [3.8, 4) is 11.5 Å². The van der Waals surface area contributed by atoms with Gasteiger partial charge in [0.2, 0.25) is 0 Å². The monoisotopic (exact) mass is 369 g/mol.